The van der Waals surface area contributed by atoms with E-state index in [4.69, 9.17) is 0 Å². The van der Waals surface area contributed by atoms with Gasteiger partial charge in [0.1, 0.15) is 0 Å². The smallest absolute Gasteiger partial charge is 0.179 e. The molecular formula is C19H18N2. The summed E-state index contributed by atoms with van der Waals surface area (Å²) < 4.78 is 0. The molecule has 2 heteroatoms. The Bertz CT molecular complexity index is 701. The summed E-state index contributed by atoms with van der Waals surface area (Å²) in [5.41, 5.74) is 4.39. The van der Waals surface area contributed by atoms with Crippen molar-refractivity contribution in [3.05, 3.63) is 71.3 Å². The zero-order valence-electron chi connectivity index (χ0n) is 12.0. The first-order valence-electron chi connectivity index (χ1n) is 7.64. The number of benzene rings is 2. The predicted molar refractivity (Wildman–Crippen MR) is 82.7 cm³/mol. The number of likely N-dealkylation sites (tertiary alicyclic amines) is 1. The van der Waals surface area contributed by atoms with Gasteiger partial charge in [-0.05, 0) is 36.0 Å². The van der Waals surface area contributed by atoms with E-state index in [2.05, 4.69) is 60.8 Å². The van der Waals surface area contributed by atoms with E-state index in [0.717, 1.165) is 25.8 Å². The number of hydrogen-bond acceptors (Lipinski definition) is 2. The molecule has 2 bridgehead atoms. The van der Waals surface area contributed by atoms with Gasteiger partial charge in [-0.25, -0.2) is 0 Å². The van der Waals surface area contributed by atoms with Crippen LogP contribution in [0.3, 0.4) is 0 Å². The third-order valence-corrected chi connectivity index (χ3v) is 5.25. The summed E-state index contributed by atoms with van der Waals surface area (Å²) in [7, 11) is 0. The van der Waals surface area contributed by atoms with Gasteiger partial charge in [-0.1, -0.05) is 54.6 Å². The van der Waals surface area contributed by atoms with E-state index in [1.54, 1.807) is 0 Å². The van der Waals surface area contributed by atoms with Crippen molar-refractivity contribution in [3.8, 4) is 6.19 Å². The molecule has 0 unspecified atom stereocenters. The highest BCUT2D eigenvalue weighted by Crippen LogP contribution is 2.48. The minimum absolute atomic E-state index is 0.0914. The van der Waals surface area contributed by atoms with Crippen LogP contribution in [0.5, 0.6) is 0 Å². The monoisotopic (exact) mass is 274 g/mol. The van der Waals surface area contributed by atoms with Crippen LogP contribution in [0, 0.1) is 11.5 Å². The van der Waals surface area contributed by atoms with Gasteiger partial charge in [-0.15, -0.1) is 0 Å². The zero-order valence-corrected chi connectivity index (χ0v) is 12.0. The van der Waals surface area contributed by atoms with E-state index in [1.807, 2.05) is 4.90 Å². The molecule has 1 aliphatic carbocycles. The van der Waals surface area contributed by atoms with Gasteiger partial charge in [-0.2, -0.15) is 5.26 Å². The molecule has 104 valence electrons. The molecule has 0 N–H and O–H groups in total. The third-order valence-electron chi connectivity index (χ3n) is 5.25. The molecule has 0 aromatic heterocycles. The van der Waals surface area contributed by atoms with Gasteiger partial charge in [0.2, 0.25) is 0 Å². The van der Waals surface area contributed by atoms with Gasteiger partial charge >= 0.3 is 0 Å². The number of fused-ring (bicyclic) bond motifs is 4. The van der Waals surface area contributed by atoms with Crippen molar-refractivity contribution < 1.29 is 0 Å². The highest BCUT2D eigenvalue weighted by Gasteiger charge is 2.46. The maximum absolute atomic E-state index is 9.38. The van der Waals surface area contributed by atoms with Crippen LogP contribution < -0.4 is 0 Å². The summed E-state index contributed by atoms with van der Waals surface area (Å²) in [5.74, 6) is 0. The van der Waals surface area contributed by atoms with Gasteiger partial charge in [0.25, 0.3) is 0 Å². The first-order chi connectivity index (χ1) is 10.3. The van der Waals surface area contributed by atoms with E-state index in [0.29, 0.717) is 6.04 Å². The van der Waals surface area contributed by atoms with Gasteiger partial charge in [0.15, 0.2) is 6.19 Å². The van der Waals surface area contributed by atoms with Crippen LogP contribution in [0.15, 0.2) is 54.6 Å². The van der Waals surface area contributed by atoms with Crippen molar-refractivity contribution in [1.82, 2.24) is 4.90 Å². The molecule has 2 nitrogen and oxygen atoms in total. The van der Waals surface area contributed by atoms with E-state index in [9.17, 15) is 5.26 Å². The molecule has 2 aromatic carbocycles. The molecule has 1 aliphatic heterocycles. The second kappa shape index (κ2) is 4.63. The summed E-state index contributed by atoms with van der Waals surface area (Å²) in [4.78, 5) is 1.98. The first-order valence-corrected chi connectivity index (χ1v) is 7.64. The van der Waals surface area contributed by atoms with Crippen molar-refractivity contribution in [1.29, 1.82) is 5.26 Å². The van der Waals surface area contributed by atoms with E-state index >= 15 is 0 Å². The fourth-order valence-electron chi connectivity index (χ4n) is 4.26. The lowest BCUT2D eigenvalue weighted by Gasteiger charge is -2.50. The summed E-state index contributed by atoms with van der Waals surface area (Å²) in [6, 6.07) is 20.0. The second-order valence-electron chi connectivity index (χ2n) is 6.21. The fourth-order valence-corrected chi connectivity index (χ4v) is 4.26. The molecule has 1 saturated heterocycles. The molecule has 4 rings (SSSR count). The fraction of sp³-hybridized carbons (Fsp3) is 0.316. The molecule has 2 atom stereocenters. The molecule has 0 spiro atoms. The molecule has 21 heavy (non-hydrogen) atoms. The minimum atomic E-state index is 0.0914. The lowest BCUT2D eigenvalue weighted by atomic mass is 9.61. The predicted octanol–water partition coefficient (Wildman–Crippen LogP) is 3.47. The van der Waals surface area contributed by atoms with E-state index in [1.165, 1.54) is 16.7 Å². The van der Waals surface area contributed by atoms with Crippen molar-refractivity contribution in [2.24, 2.45) is 0 Å². The maximum atomic E-state index is 9.38. The standard InChI is InChI=1S/C19H18N2/c20-14-21-11-10-19(16-7-2-1-3-8-16)13-17(21)12-15-6-4-5-9-18(15)19/h1-9,17H,10-13H2/t17-,19+/m1/s1. The zero-order chi connectivity index (χ0) is 14.3. The highest BCUT2D eigenvalue weighted by molar-refractivity contribution is 5.47. The number of nitriles is 1. The Balaban J connectivity index is 1.91. The largest absolute Gasteiger partial charge is 0.307 e. The summed E-state index contributed by atoms with van der Waals surface area (Å²) in [6.45, 7) is 0.865. The van der Waals surface area contributed by atoms with Crippen LogP contribution in [0.25, 0.3) is 0 Å². The van der Waals surface area contributed by atoms with E-state index in [-0.39, 0.29) is 5.41 Å². The minimum Gasteiger partial charge on any atom is -0.307 e. The average Bonchev–Trinajstić information content (AvgIpc) is 2.56. The maximum Gasteiger partial charge on any atom is 0.179 e. The van der Waals surface area contributed by atoms with Crippen molar-refractivity contribution in [2.45, 2.75) is 30.7 Å². The van der Waals surface area contributed by atoms with Gasteiger partial charge < -0.3 is 4.90 Å². The average molecular weight is 274 g/mol. The van der Waals surface area contributed by atoms with E-state index < -0.39 is 0 Å². The number of piperidine rings is 1. The topological polar surface area (TPSA) is 27.0 Å². The van der Waals surface area contributed by atoms with Gasteiger partial charge in [0.05, 0.1) is 0 Å². The van der Waals surface area contributed by atoms with Crippen LogP contribution in [0.1, 0.15) is 29.5 Å². The molecule has 1 heterocycles. The SMILES string of the molecule is N#CN1CC[C@@]2(c3ccccc3)C[C@H]1Cc1ccccc12. The van der Waals surface area contributed by atoms with Crippen LogP contribution in [0.4, 0.5) is 0 Å². The molecule has 0 amide bonds. The van der Waals surface area contributed by atoms with Crippen molar-refractivity contribution in [3.63, 3.8) is 0 Å². The molecule has 2 aromatic rings. The Labute approximate surface area is 125 Å². The van der Waals surface area contributed by atoms with Crippen LogP contribution in [-0.4, -0.2) is 17.5 Å². The Morgan fingerprint density at radius 2 is 1.81 bits per heavy atom. The number of rotatable bonds is 1. The van der Waals surface area contributed by atoms with Gasteiger partial charge in [-0.3, -0.25) is 0 Å². The number of hydrogen-bond donors (Lipinski definition) is 0. The molecular weight excluding hydrogens is 256 g/mol. The summed E-state index contributed by atoms with van der Waals surface area (Å²) in [6.07, 6.45) is 5.47. The molecule has 2 aliphatic rings. The Morgan fingerprint density at radius 3 is 2.62 bits per heavy atom. The Morgan fingerprint density at radius 1 is 1.05 bits per heavy atom. The summed E-state index contributed by atoms with van der Waals surface area (Å²) in [5, 5.41) is 9.38. The lowest BCUT2D eigenvalue weighted by Crippen LogP contribution is -2.51. The number of nitrogens with zero attached hydrogens (tertiary/aromatic N) is 2. The van der Waals surface area contributed by atoms with Gasteiger partial charge in [0, 0.05) is 18.0 Å². The molecule has 0 saturated carbocycles. The summed E-state index contributed by atoms with van der Waals surface area (Å²) >= 11 is 0. The quantitative estimate of drug-likeness (QED) is 0.744. The first kappa shape index (κ1) is 12.5. The third kappa shape index (κ3) is 1.77. The Hall–Kier alpha value is -2.27. The second-order valence-corrected chi connectivity index (χ2v) is 6.21. The van der Waals surface area contributed by atoms with Crippen LogP contribution in [-0.2, 0) is 11.8 Å². The van der Waals surface area contributed by atoms with Crippen LogP contribution >= 0.6 is 0 Å². The highest BCUT2D eigenvalue weighted by atomic mass is 15.2. The molecule has 1 fully saturated rings. The Kier molecular flexibility index (Phi) is 2.75. The van der Waals surface area contributed by atoms with Crippen molar-refractivity contribution >= 4 is 0 Å². The molecule has 0 radical (unpaired) electrons. The lowest BCUT2D eigenvalue weighted by molar-refractivity contribution is 0.151. The van der Waals surface area contributed by atoms with Crippen molar-refractivity contribution in [2.75, 3.05) is 6.54 Å². The van der Waals surface area contributed by atoms with Crippen LogP contribution in [0.2, 0.25) is 0 Å². The normalized spacial score (nSPS) is 26.8.